The number of hydrogen-bond donors (Lipinski definition) is 2. The lowest BCUT2D eigenvalue weighted by Crippen LogP contribution is -2.27. The molecule has 8 heteroatoms. The molecule has 0 bridgehead atoms. The van der Waals surface area contributed by atoms with Gasteiger partial charge in [0.15, 0.2) is 4.34 Å². The first-order valence-corrected chi connectivity index (χ1v) is 10.4. The number of benzene rings is 1. The number of aromatic nitrogens is 2. The molecule has 0 fully saturated rings. The molecule has 1 aromatic carbocycles. The fraction of sp³-hybridized carbons (Fsp3) is 0.235. The molecule has 0 saturated carbocycles. The summed E-state index contributed by atoms with van der Waals surface area (Å²) in [6, 6.07) is 12.1. The Kier molecular flexibility index (Phi) is 6.06. The Balaban J connectivity index is 1.49. The number of hydrogen-bond acceptors (Lipinski definition) is 7. The van der Waals surface area contributed by atoms with E-state index in [-0.39, 0.29) is 11.9 Å². The molecule has 2 N–H and O–H groups in total. The van der Waals surface area contributed by atoms with Gasteiger partial charge in [0.2, 0.25) is 11.0 Å². The number of carbonyl (C=O) groups is 1. The summed E-state index contributed by atoms with van der Waals surface area (Å²) in [5, 5.41) is 17.2. The van der Waals surface area contributed by atoms with Gasteiger partial charge in [-0.3, -0.25) is 4.79 Å². The molecule has 25 heavy (non-hydrogen) atoms. The number of carbonyl (C=O) groups excluding carboxylic acids is 1. The van der Waals surface area contributed by atoms with E-state index < -0.39 is 0 Å². The van der Waals surface area contributed by atoms with E-state index in [4.69, 9.17) is 0 Å². The number of anilines is 2. The number of aryl methyl sites for hydroxylation is 1. The largest absolute Gasteiger partial charge is 0.348 e. The number of thiophene rings is 1. The quantitative estimate of drug-likeness (QED) is 0.576. The van der Waals surface area contributed by atoms with Crippen molar-refractivity contribution >= 4 is 51.2 Å². The lowest BCUT2D eigenvalue weighted by molar-refractivity contribution is -0.119. The fourth-order valence-corrected chi connectivity index (χ4v) is 4.50. The van der Waals surface area contributed by atoms with E-state index in [1.807, 2.05) is 55.6 Å². The Morgan fingerprint density at radius 3 is 2.92 bits per heavy atom. The van der Waals surface area contributed by atoms with Crippen LogP contribution in [0.1, 0.15) is 23.4 Å². The predicted octanol–water partition coefficient (Wildman–Crippen LogP) is 4.62. The highest BCUT2D eigenvalue weighted by Crippen LogP contribution is 2.28. The van der Waals surface area contributed by atoms with Crippen LogP contribution in [0.4, 0.5) is 10.8 Å². The highest BCUT2D eigenvalue weighted by atomic mass is 32.2. The molecular formula is C17H18N4OS3. The normalized spacial score (nSPS) is 11.9. The second-order valence-corrected chi connectivity index (χ2v) is 8.64. The summed E-state index contributed by atoms with van der Waals surface area (Å²) < 4.78 is 0.772. The van der Waals surface area contributed by atoms with Crippen LogP contribution in [0.5, 0.6) is 0 Å². The van der Waals surface area contributed by atoms with Crippen LogP contribution in [0.15, 0.2) is 46.1 Å². The summed E-state index contributed by atoms with van der Waals surface area (Å²) in [6.07, 6.45) is 0. The van der Waals surface area contributed by atoms with Gasteiger partial charge in [-0.1, -0.05) is 41.3 Å². The third-order valence-electron chi connectivity index (χ3n) is 3.35. The summed E-state index contributed by atoms with van der Waals surface area (Å²) in [4.78, 5) is 13.2. The van der Waals surface area contributed by atoms with Crippen molar-refractivity contribution in [2.24, 2.45) is 0 Å². The van der Waals surface area contributed by atoms with Crippen molar-refractivity contribution in [2.45, 2.75) is 24.2 Å². The van der Waals surface area contributed by atoms with Crippen molar-refractivity contribution in [1.82, 2.24) is 15.5 Å². The molecule has 0 spiro atoms. The molecule has 5 nitrogen and oxygen atoms in total. The summed E-state index contributed by atoms with van der Waals surface area (Å²) in [5.41, 5.74) is 2.16. The Morgan fingerprint density at radius 1 is 1.28 bits per heavy atom. The van der Waals surface area contributed by atoms with Crippen molar-refractivity contribution in [3.05, 3.63) is 52.2 Å². The van der Waals surface area contributed by atoms with Crippen molar-refractivity contribution in [2.75, 3.05) is 11.1 Å². The fourth-order valence-electron chi connectivity index (χ4n) is 2.18. The van der Waals surface area contributed by atoms with Gasteiger partial charge in [-0.25, -0.2) is 0 Å². The minimum atomic E-state index is -0.00528. The molecule has 1 amide bonds. The van der Waals surface area contributed by atoms with Gasteiger partial charge in [0.25, 0.3) is 0 Å². The summed E-state index contributed by atoms with van der Waals surface area (Å²) in [5.74, 6) is 0.323. The van der Waals surface area contributed by atoms with Gasteiger partial charge in [0.05, 0.1) is 11.8 Å². The zero-order valence-electron chi connectivity index (χ0n) is 13.9. The van der Waals surface area contributed by atoms with E-state index in [0.29, 0.717) is 5.75 Å². The average Bonchev–Trinajstić information content (AvgIpc) is 3.25. The van der Waals surface area contributed by atoms with Crippen LogP contribution in [0, 0.1) is 6.92 Å². The Labute approximate surface area is 158 Å². The molecule has 2 heterocycles. The van der Waals surface area contributed by atoms with Crippen LogP contribution in [0.2, 0.25) is 0 Å². The van der Waals surface area contributed by atoms with Gasteiger partial charge in [0, 0.05) is 10.6 Å². The standard InChI is InChI=1S/C17H18N4OS3/c1-11-5-3-6-13(9-11)19-16-20-21-17(25-16)24-10-15(22)18-12(2)14-7-4-8-23-14/h3-9,12H,10H2,1-2H3,(H,18,22)(H,19,20). The molecule has 3 aromatic rings. The minimum Gasteiger partial charge on any atom is -0.348 e. The lowest BCUT2D eigenvalue weighted by Gasteiger charge is -2.11. The number of thioether (sulfide) groups is 1. The highest BCUT2D eigenvalue weighted by molar-refractivity contribution is 8.01. The summed E-state index contributed by atoms with van der Waals surface area (Å²) in [6.45, 7) is 4.03. The van der Waals surface area contributed by atoms with Crippen LogP contribution in [-0.4, -0.2) is 21.9 Å². The molecule has 0 radical (unpaired) electrons. The monoisotopic (exact) mass is 390 g/mol. The van der Waals surface area contributed by atoms with Crippen molar-refractivity contribution in [1.29, 1.82) is 0 Å². The average molecular weight is 391 g/mol. The first-order valence-electron chi connectivity index (χ1n) is 7.73. The minimum absolute atomic E-state index is 0.00528. The number of rotatable bonds is 7. The molecular weight excluding hydrogens is 372 g/mol. The van der Waals surface area contributed by atoms with Gasteiger partial charge in [-0.2, -0.15) is 0 Å². The summed E-state index contributed by atoms with van der Waals surface area (Å²) >= 11 is 4.49. The van der Waals surface area contributed by atoms with Crippen LogP contribution >= 0.6 is 34.4 Å². The summed E-state index contributed by atoms with van der Waals surface area (Å²) in [7, 11) is 0. The Bertz CT molecular complexity index is 832. The topological polar surface area (TPSA) is 66.9 Å². The van der Waals surface area contributed by atoms with Gasteiger partial charge in [-0.15, -0.1) is 21.5 Å². The second-order valence-electron chi connectivity index (χ2n) is 5.46. The molecule has 0 aliphatic carbocycles. The molecule has 0 saturated heterocycles. The SMILES string of the molecule is Cc1cccc(Nc2nnc(SCC(=O)NC(C)c3cccs3)s2)c1. The zero-order valence-corrected chi connectivity index (χ0v) is 16.3. The third kappa shape index (κ3) is 5.29. The van der Waals surface area contributed by atoms with E-state index in [0.717, 1.165) is 20.0 Å². The first kappa shape index (κ1) is 17.9. The molecule has 130 valence electrons. The Hall–Kier alpha value is -1.90. The molecule has 1 unspecified atom stereocenters. The number of nitrogens with zero attached hydrogens (tertiary/aromatic N) is 2. The molecule has 3 rings (SSSR count). The van der Waals surface area contributed by atoms with E-state index in [9.17, 15) is 4.79 Å². The maximum atomic E-state index is 12.1. The van der Waals surface area contributed by atoms with Gasteiger partial charge in [0.1, 0.15) is 0 Å². The van der Waals surface area contributed by atoms with Gasteiger partial charge in [-0.05, 0) is 43.0 Å². The maximum absolute atomic E-state index is 12.1. The second kappa shape index (κ2) is 8.46. The van der Waals surface area contributed by atoms with E-state index in [1.165, 1.54) is 28.7 Å². The first-order chi connectivity index (χ1) is 12.1. The van der Waals surface area contributed by atoms with Crippen LogP contribution in [0.25, 0.3) is 0 Å². The van der Waals surface area contributed by atoms with E-state index in [1.54, 1.807) is 11.3 Å². The van der Waals surface area contributed by atoms with E-state index >= 15 is 0 Å². The smallest absolute Gasteiger partial charge is 0.230 e. The number of nitrogens with one attached hydrogen (secondary N) is 2. The molecule has 0 aliphatic rings. The highest BCUT2D eigenvalue weighted by Gasteiger charge is 2.12. The Morgan fingerprint density at radius 2 is 2.16 bits per heavy atom. The van der Waals surface area contributed by atoms with Crippen molar-refractivity contribution < 1.29 is 4.79 Å². The van der Waals surface area contributed by atoms with E-state index in [2.05, 4.69) is 20.8 Å². The van der Waals surface area contributed by atoms with Crippen LogP contribution < -0.4 is 10.6 Å². The molecule has 2 aromatic heterocycles. The zero-order chi connectivity index (χ0) is 17.6. The molecule has 1 atom stereocenters. The molecule has 0 aliphatic heterocycles. The van der Waals surface area contributed by atoms with Crippen molar-refractivity contribution in [3.63, 3.8) is 0 Å². The van der Waals surface area contributed by atoms with Gasteiger partial charge < -0.3 is 10.6 Å². The van der Waals surface area contributed by atoms with Crippen LogP contribution in [0.3, 0.4) is 0 Å². The van der Waals surface area contributed by atoms with Gasteiger partial charge >= 0.3 is 0 Å². The number of amides is 1. The van der Waals surface area contributed by atoms with Crippen LogP contribution in [-0.2, 0) is 4.79 Å². The maximum Gasteiger partial charge on any atom is 0.230 e. The third-order valence-corrected chi connectivity index (χ3v) is 6.38. The predicted molar refractivity (Wildman–Crippen MR) is 106 cm³/mol. The lowest BCUT2D eigenvalue weighted by atomic mass is 10.2. The van der Waals surface area contributed by atoms with Crippen molar-refractivity contribution in [3.8, 4) is 0 Å².